The van der Waals surface area contributed by atoms with Crippen LogP contribution in [0.1, 0.15) is 30.5 Å². The predicted octanol–water partition coefficient (Wildman–Crippen LogP) is 6.11. The summed E-state index contributed by atoms with van der Waals surface area (Å²) in [6, 6.07) is 16.9. The van der Waals surface area contributed by atoms with Gasteiger partial charge < -0.3 is 4.57 Å². The Morgan fingerprint density at radius 2 is 1.69 bits per heavy atom. The van der Waals surface area contributed by atoms with Crippen LogP contribution in [-0.2, 0) is 19.3 Å². The first-order chi connectivity index (χ1) is 12.7. The van der Waals surface area contributed by atoms with Gasteiger partial charge in [-0.2, -0.15) is 0 Å². The molecule has 0 aliphatic carbocycles. The topological polar surface area (TPSA) is 8.17 Å². The molecule has 136 valence electrons. The number of aryl methyl sites for hydroxylation is 1. The highest BCUT2D eigenvalue weighted by molar-refractivity contribution is 7.98. The maximum atomic E-state index is 6.37. The van der Waals surface area contributed by atoms with Crippen LogP contribution in [0.15, 0.2) is 53.4 Å². The number of likely N-dealkylation sites (tertiary alicyclic amines) is 1. The molecular weight excluding hydrogens is 360 g/mol. The molecule has 0 amide bonds. The Labute approximate surface area is 165 Å². The molecule has 0 bridgehead atoms. The summed E-state index contributed by atoms with van der Waals surface area (Å²) >= 11 is 8.20. The Morgan fingerprint density at radius 3 is 2.50 bits per heavy atom. The maximum Gasteiger partial charge on any atom is 0.0541 e. The Bertz CT molecular complexity index is 896. The quantitative estimate of drug-likeness (QED) is 0.490. The number of fused-ring (bicyclic) bond motifs is 1. The van der Waals surface area contributed by atoms with Crippen molar-refractivity contribution < 1.29 is 0 Å². The molecule has 0 unspecified atom stereocenters. The van der Waals surface area contributed by atoms with Crippen LogP contribution in [0.4, 0.5) is 0 Å². The number of hydrogen-bond acceptors (Lipinski definition) is 2. The summed E-state index contributed by atoms with van der Waals surface area (Å²) in [5.41, 5.74) is 4.24. The van der Waals surface area contributed by atoms with E-state index in [0.717, 1.165) is 22.2 Å². The van der Waals surface area contributed by atoms with Crippen LogP contribution in [0.25, 0.3) is 10.9 Å². The summed E-state index contributed by atoms with van der Waals surface area (Å²) in [4.78, 5) is 3.78. The van der Waals surface area contributed by atoms with Gasteiger partial charge in [0.05, 0.1) is 5.02 Å². The highest BCUT2D eigenvalue weighted by atomic mass is 35.5. The number of para-hydroxylation sites is 1. The standard InChI is InChI=1S/C22H25ClN2S/c1-24-20-11-5-3-9-17(20)18(15-25-13-7-2-8-14-25)21(24)16-26-22-12-6-4-10-19(22)23/h3-6,9-12H,2,7-8,13-16H2,1H3. The zero-order valence-electron chi connectivity index (χ0n) is 15.2. The monoisotopic (exact) mass is 384 g/mol. The molecule has 0 spiro atoms. The number of nitrogens with zero attached hydrogens (tertiary/aromatic N) is 2. The first-order valence-electron chi connectivity index (χ1n) is 9.39. The van der Waals surface area contributed by atoms with E-state index in [0.29, 0.717) is 0 Å². The lowest BCUT2D eigenvalue weighted by Crippen LogP contribution is -2.29. The minimum Gasteiger partial charge on any atom is -0.347 e. The molecule has 0 N–H and O–H groups in total. The van der Waals surface area contributed by atoms with Crippen LogP contribution in [0, 0.1) is 0 Å². The van der Waals surface area contributed by atoms with Gasteiger partial charge in [-0.1, -0.05) is 48.4 Å². The number of halogens is 1. The minimum absolute atomic E-state index is 0.842. The van der Waals surface area contributed by atoms with E-state index in [1.165, 1.54) is 54.5 Å². The normalized spacial score (nSPS) is 15.6. The van der Waals surface area contributed by atoms with E-state index in [1.807, 2.05) is 23.9 Å². The van der Waals surface area contributed by atoms with E-state index >= 15 is 0 Å². The third kappa shape index (κ3) is 3.66. The van der Waals surface area contributed by atoms with Gasteiger partial charge in [-0.25, -0.2) is 0 Å². The lowest BCUT2D eigenvalue weighted by atomic mass is 10.1. The van der Waals surface area contributed by atoms with E-state index in [2.05, 4.69) is 52.9 Å². The minimum atomic E-state index is 0.842. The second kappa shape index (κ2) is 8.08. The largest absolute Gasteiger partial charge is 0.347 e. The third-order valence-electron chi connectivity index (χ3n) is 5.38. The van der Waals surface area contributed by atoms with Gasteiger partial charge in [0.2, 0.25) is 0 Å². The van der Waals surface area contributed by atoms with Gasteiger partial charge in [0.15, 0.2) is 0 Å². The molecule has 2 heterocycles. The summed E-state index contributed by atoms with van der Waals surface area (Å²) in [5, 5.41) is 2.24. The lowest BCUT2D eigenvalue weighted by molar-refractivity contribution is 0.221. The molecule has 4 rings (SSSR count). The fourth-order valence-electron chi connectivity index (χ4n) is 3.93. The van der Waals surface area contributed by atoms with E-state index in [-0.39, 0.29) is 0 Å². The fourth-order valence-corrected chi connectivity index (χ4v) is 5.27. The van der Waals surface area contributed by atoms with E-state index < -0.39 is 0 Å². The molecule has 4 heteroatoms. The molecule has 1 aromatic heterocycles. The molecule has 2 nitrogen and oxygen atoms in total. The Balaban J connectivity index is 1.66. The number of hydrogen-bond donors (Lipinski definition) is 0. The summed E-state index contributed by atoms with van der Waals surface area (Å²) in [6.07, 6.45) is 4.03. The summed E-state index contributed by atoms with van der Waals surface area (Å²) < 4.78 is 2.37. The zero-order chi connectivity index (χ0) is 17.9. The SMILES string of the molecule is Cn1c(CSc2ccccc2Cl)c(CN2CCCCC2)c2ccccc21. The number of rotatable bonds is 5. The van der Waals surface area contributed by atoms with E-state index in [4.69, 9.17) is 11.6 Å². The number of piperidine rings is 1. The Kier molecular flexibility index (Phi) is 5.58. The lowest BCUT2D eigenvalue weighted by Gasteiger charge is -2.26. The predicted molar refractivity (Wildman–Crippen MR) is 113 cm³/mol. The molecule has 0 atom stereocenters. The van der Waals surface area contributed by atoms with Crippen molar-refractivity contribution in [2.45, 2.75) is 36.5 Å². The molecule has 26 heavy (non-hydrogen) atoms. The van der Waals surface area contributed by atoms with Gasteiger partial charge >= 0.3 is 0 Å². The second-order valence-electron chi connectivity index (χ2n) is 7.06. The number of aromatic nitrogens is 1. The molecule has 1 aliphatic rings. The van der Waals surface area contributed by atoms with Crippen LogP contribution in [0.3, 0.4) is 0 Å². The number of benzene rings is 2. The highest BCUT2D eigenvalue weighted by Crippen LogP contribution is 2.34. The first-order valence-corrected chi connectivity index (χ1v) is 10.8. The van der Waals surface area contributed by atoms with Crippen molar-refractivity contribution in [3.63, 3.8) is 0 Å². The first kappa shape index (κ1) is 18.0. The van der Waals surface area contributed by atoms with Crippen LogP contribution in [0.5, 0.6) is 0 Å². The van der Waals surface area contributed by atoms with Crippen LogP contribution >= 0.6 is 23.4 Å². The average molecular weight is 385 g/mol. The van der Waals surface area contributed by atoms with Crippen molar-refractivity contribution in [3.8, 4) is 0 Å². The third-order valence-corrected chi connectivity index (χ3v) is 6.90. The Hall–Kier alpha value is -1.42. The molecule has 0 saturated carbocycles. The molecule has 1 fully saturated rings. The fraction of sp³-hybridized carbons (Fsp3) is 0.364. The molecule has 2 aromatic carbocycles. The molecule has 1 saturated heterocycles. The smallest absolute Gasteiger partial charge is 0.0541 e. The van der Waals surface area contributed by atoms with E-state index in [1.54, 1.807) is 0 Å². The average Bonchev–Trinajstić information content (AvgIpc) is 2.94. The van der Waals surface area contributed by atoms with Crippen molar-refractivity contribution in [3.05, 3.63) is 64.8 Å². The van der Waals surface area contributed by atoms with Crippen molar-refractivity contribution in [2.75, 3.05) is 13.1 Å². The van der Waals surface area contributed by atoms with Crippen molar-refractivity contribution in [2.24, 2.45) is 7.05 Å². The molecular formula is C22H25ClN2S. The second-order valence-corrected chi connectivity index (χ2v) is 8.48. The van der Waals surface area contributed by atoms with Crippen molar-refractivity contribution >= 4 is 34.3 Å². The van der Waals surface area contributed by atoms with E-state index in [9.17, 15) is 0 Å². The van der Waals surface area contributed by atoms with Crippen molar-refractivity contribution in [1.29, 1.82) is 0 Å². The Morgan fingerprint density at radius 1 is 0.962 bits per heavy atom. The van der Waals surface area contributed by atoms with Gasteiger partial charge in [0.25, 0.3) is 0 Å². The van der Waals surface area contributed by atoms with Crippen molar-refractivity contribution in [1.82, 2.24) is 9.47 Å². The van der Waals surface area contributed by atoms with Crippen LogP contribution < -0.4 is 0 Å². The van der Waals surface area contributed by atoms with Crippen LogP contribution in [0.2, 0.25) is 5.02 Å². The molecule has 3 aromatic rings. The van der Waals surface area contributed by atoms with Gasteiger partial charge in [-0.15, -0.1) is 11.8 Å². The summed E-state index contributed by atoms with van der Waals surface area (Å²) in [5.74, 6) is 0.943. The van der Waals surface area contributed by atoms with Gasteiger partial charge in [-0.3, -0.25) is 4.90 Å². The summed E-state index contributed by atoms with van der Waals surface area (Å²) in [7, 11) is 2.20. The number of thioether (sulfide) groups is 1. The van der Waals surface area contributed by atoms with Gasteiger partial charge in [0, 0.05) is 40.8 Å². The van der Waals surface area contributed by atoms with Crippen LogP contribution in [-0.4, -0.2) is 22.6 Å². The molecule has 0 radical (unpaired) electrons. The maximum absolute atomic E-state index is 6.37. The zero-order valence-corrected chi connectivity index (χ0v) is 16.8. The summed E-state index contributed by atoms with van der Waals surface area (Å²) in [6.45, 7) is 3.50. The van der Waals surface area contributed by atoms with Gasteiger partial charge in [-0.05, 0) is 49.7 Å². The van der Waals surface area contributed by atoms with Gasteiger partial charge in [0.1, 0.15) is 0 Å². The molecule has 1 aliphatic heterocycles. The highest BCUT2D eigenvalue weighted by Gasteiger charge is 2.19.